The molecule has 20 heavy (non-hydrogen) atoms. The van der Waals surface area contributed by atoms with Gasteiger partial charge < -0.3 is 9.88 Å². The maximum absolute atomic E-state index is 12.0. The molecule has 0 unspecified atom stereocenters. The maximum atomic E-state index is 12.0. The number of aryl methyl sites for hydroxylation is 2. The van der Waals surface area contributed by atoms with Crippen LogP contribution in [0.2, 0.25) is 0 Å². The second kappa shape index (κ2) is 6.65. The summed E-state index contributed by atoms with van der Waals surface area (Å²) >= 11 is 3.32. The molecule has 0 spiro atoms. The van der Waals surface area contributed by atoms with Crippen LogP contribution in [-0.2, 0) is 19.6 Å². The molecule has 0 aromatic carbocycles. The van der Waals surface area contributed by atoms with Gasteiger partial charge in [0.1, 0.15) is 10.8 Å². The second-order valence-electron chi connectivity index (χ2n) is 4.29. The number of aromatic nitrogens is 5. The van der Waals surface area contributed by atoms with Gasteiger partial charge in [0, 0.05) is 13.1 Å². The molecule has 7 nitrogen and oxygen atoms in total. The molecule has 0 amide bonds. The largest absolute Gasteiger partial charge is 0.375 e. The molecule has 2 aromatic rings. The topological polar surface area (TPSA) is 77.6 Å². The quantitative estimate of drug-likeness (QED) is 0.864. The number of nitrogens with zero attached hydrogens (tertiary/aromatic N) is 5. The Morgan fingerprint density at radius 3 is 2.90 bits per heavy atom. The lowest BCUT2D eigenvalue weighted by Gasteiger charge is -2.10. The standard InChI is InChI=1S/C12H17BrN6O/c1-3-5-19-12(20)11(13)9(6-16-19)14-7-10-17-15-8-18(10)4-2/h6,8,14H,3-5,7H2,1-2H3. The van der Waals surface area contributed by atoms with Crippen molar-refractivity contribution in [3.63, 3.8) is 0 Å². The van der Waals surface area contributed by atoms with Gasteiger partial charge in [-0.3, -0.25) is 4.79 Å². The number of nitrogens with one attached hydrogen (secondary N) is 1. The van der Waals surface area contributed by atoms with Gasteiger partial charge in [0.25, 0.3) is 5.56 Å². The van der Waals surface area contributed by atoms with Crippen LogP contribution in [0.25, 0.3) is 0 Å². The Balaban J connectivity index is 2.14. The van der Waals surface area contributed by atoms with Crippen molar-refractivity contribution in [2.45, 2.75) is 39.9 Å². The third-order valence-electron chi connectivity index (χ3n) is 2.89. The molecule has 0 aliphatic carbocycles. The van der Waals surface area contributed by atoms with E-state index in [1.54, 1.807) is 12.5 Å². The van der Waals surface area contributed by atoms with Gasteiger partial charge in [0.05, 0.1) is 18.4 Å². The average molecular weight is 341 g/mol. The van der Waals surface area contributed by atoms with Crippen molar-refractivity contribution in [1.29, 1.82) is 0 Å². The van der Waals surface area contributed by atoms with E-state index in [0.717, 1.165) is 18.8 Å². The van der Waals surface area contributed by atoms with E-state index >= 15 is 0 Å². The van der Waals surface area contributed by atoms with Crippen LogP contribution in [0.15, 0.2) is 21.8 Å². The van der Waals surface area contributed by atoms with Crippen LogP contribution in [0, 0.1) is 0 Å². The van der Waals surface area contributed by atoms with Gasteiger partial charge in [0.15, 0.2) is 5.82 Å². The van der Waals surface area contributed by atoms with Crippen molar-refractivity contribution in [2.75, 3.05) is 5.32 Å². The monoisotopic (exact) mass is 340 g/mol. The molecular formula is C12H17BrN6O. The molecule has 0 fully saturated rings. The van der Waals surface area contributed by atoms with Gasteiger partial charge >= 0.3 is 0 Å². The third-order valence-corrected chi connectivity index (χ3v) is 3.66. The summed E-state index contributed by atoms with van der Waals surface area (Å²) in [6.45, 7) is 5.94. The lowest BCUT2D eigenvalue weighted by atomic mass is 10.4. The first kappa shape index (κ1) is 14.7. The summed E-state index contributed by atoms with van der Waals surface area (Å²) in [4.78, 5) is 12.0. The summed E-state index contributed by atoms with van der Waals surface area (Å²) in [6.07, 6.45) is 4.20. The van der Waals surface area contributed by atoms with Crippen molar-refractivity contribution >= 4 is 21.6 Å². The molecule has 2 rings (SSSR count). The Morgan fingerprint density at radius 2 is 2.20 bits per heavy atom. The fraction of sp³-hybridized carbons (Fsp3) is 0.500. The Labute approximate surface area is 125 Å². The highest BCUT2D eigenvalue weighted by molar-refractivity contribution is 9.10. The lowest BCUT2D eigenvalue weighted by Crippen LogP contribution is -2.24. The van der Waals surface area contributed by atoms with Crippen molar-refractivity contribution in [1.82, 2.24) is 24.5 Å². The molecule has 0 radical (unpaired) electrons. The smallest absolute Gasteiger partial charge is 0.283 e. The van der Waals surface area contributed by atoms with Crippen LogP contribution < -0.4 is 10.9 Å². The molecule has 0 saturated carbocycles. The van der Waals surface area contributed by atoms with E-state index in [-0.39, 0.29) is 5.56 Å². The van der Waals surface area contributed by atoms with Gasteiger partial charge in [-0.05, 0) is 29.3 Å². The number of halogens is 1. The fourth-order valence-corrected chi connectivity index (χ4v) is 2.26. The first-order valence-corrected chi connectivity index (χ1v) is 7.32. The molecule has 2 heterocycles. The Kier molecular flexibility index (Phi) is 4.89. The van der Waals surface area contributed by atoms with E-state index in [2.05, 4.69) is 36.5 Å². The van der Waals surface area contributed by atoms with Crippen LogP contribution in [-0.4, -0.2) is 24.5 Å². The van der Waals surface area contributed by atoms with E-state index in [1.807, 2.05) is 18.4 Å². The second-order valence-corrected chi connectivity index (χ2v) is 5.08. The predicted octanol–water partition coefficient (Wildman–Crippen LogP) is 1.64. The minimum absolute atomic E-state index is 0.131. The molecule has 0 aliphatic rings. The molecule has 0 bridgehead atoms. The average Bonchev–Trinajstić information content (AvgIpc) is 2.91. The van der Waals surface area contributed by atoms with Gasteiger partial charge in [0.2, 0.25) is 0 Å². The van der Waals surface area contributed by atoms with Crippen LogP contribution in [0.5, 0.6) is 0 Å². The third kappa shape index (κ3) is 3.06. The SMILES string of the molecule is CCCn1ncc(NCc2nncn2CC)c(Br)c1=O. The molecule has 2 aromatic heterocycles. The highest BCUT2D eigenvalue weighted by atomic mass is 79.9. The highest BCUT2D eigenvalue weighted by Gasteiger charge is 2.09. The van der Waals surface area contributed by atoms with Crippen LogP contribution >= 0.6 is 15.9 Å². The zero-order valence-corrected chi connectivity index (χ0v) is 13.1. The summed E-state index contributed by atoms with van der Waals surface area (Å²) in [6, 6.07) is 0. The molecule has 8 heteroatoms. The maximum Gasteiger partial charge on any atom is 0.283 e. The Hall–Kier alpha value is -1.70. The minimum Gasteiger partial charge on any atom is -0.375 e. The van der Waals surface area contributed by atoms with E-state index in [1.165, 1.54) is 4.68 Å². The molecule has 0 aliphatic heterocycles. The molecule has 108 valence electrons. The number of hydrogen-bond acceptors (Lipinski definition) is 5. The van der Waals surface area contributed by atoms with Crippen LogP contribution in [0.1, 0.15) is 26.1 Å². The van der Waals surface area contributed by atoms with Crippen LogP contribution in [0.3, 0.4) is 0 Å². The first-order chi connectivity index (χ1) is 9.67. The predicted molar refractivity (Wildman–Crippen MR) is 79.5 cm³/mol. The molecule has 1 N–H and O–H groups in total. The van der Waals surface area contributed by atoms with Gasteiger partial charge in [-0.25, -0.2) is 4.68 Å². The van der Waals surface area contributed by atoms with E-state index in [9.17, 15) is 4.79 Å². The Morgan fingerprint density at radius 1 is 1.40 bits per heavy atom. The van der Waals surface area contributed by atoms with Crippen molar-refractivity contribution < 1.29 is 0 Å². The van der Waals surface area contributed by atoms with Gasteiger partial charge in [-0.1, -0.05) is 6.92 Å². The van der Waals surface area contributed by atoms with Crippen molar-refractivity contribution in [3.8, 4) is 0 Å². The van der Waals surface area contributed by atoms with Crippen molar-refractivity contribution in [3.05, 3.63) is 33.2 Å². The zero-order chi connectivity index (χ0) is 14.5. The molecule has 0 saturated heterocycles. The van der Waals surface area contributed by atoms with Crippen molar-refractivity contribution in [2.24, 2.45) is 0 Å². The molecule has 0 atom stereocenters. The number of anilines is 1. The summed E-state index contributed by atoms with van der Waals surface area (Å²) in [5.41, 5.74) is 0.529. The zero-order valence-electron chi connectivity index (χ0n) is 11.5. The fourth-order valence-electron chi connectivity index (χ4n) is 1.81. The van der Waals surface area contributed by atoms with Crippen LogP contribution in [0.4, 0.5) is 5.69 Å². The summed E-state index contributed by atoms with van der Waals surface area (Å²) in [7, 11) is 0. The van der Waals surface area contributed by atoms with E-state index < -0.39 is 0 Å². The summed E-state index contributed by atoms with van der Waals surface area (Å²) in [5, 5.41) is 15.2. The lowest BCUT2D eigenvalue weighted by molar-refractivity contribution is 0.565. The normalized spacial score (nSPS) is 10.8. The molecular weight excluding hydrogens is 324 g/mol. The Bertz CT molecular complexity index is 635. The minimum atomic E-state index is -0.131. The van der Waals surface area contributed by atoms with Gasteiger partial charge in [-0.2, -0.15) is 5.10 Å². The van der Waals surface area contributed by atoms with E-state index in [0.29, 0.717) is 23.2 Å². The number of hydrogen-bond donors (Lipinski definition) is 1. The van der Waals surface area contributed by atoms with Gasteiger partial charge in [-0.15, -0.1) is 10.2 Å². The first-order valence-electron chi connectivity index (χ1n) is 6.53. The number of rotatable bonds is 6. The highest BCUT2D eigenvalue weighted by Crippen LogP contribution is 2.16. The summed E-state index contributed by atoms with van der Waals surface area (Å²) in [5.74, 6) is 0.817. The van der Waals surface area contributed by atoms with E-state index in [4.69, 9.17) is 0 Å². The summed E-state index contributed by atoms with van der Waals surface area (Å²) < 4.78 is 3.87.